The van der Waals surface area contributed by atoms with Gasteiger partial charge in [0.1, 0.15) is 5.82 Å². The van der Waals surface area contributed by atoms with Crippen LogP contribution in [0, 0.1) is 0 Å². The largest absolute Gasteiger partial charge is 0.476 e. The first-order valence-corrected chi connectivity index (χ1v) is 6.43. The molecule has 94 valence electrons. The fourth-order valence-electron chi connectivity index (χ4n) is 2.03. The third-order valence-electron chi connectivity index (χ3n) is 2.85. The monoisotopic (exact) mass is 316 g/mol. The van der Waals surface area contributed by atoms with Crippen LogP contribution in [0.25, 0.3) is 16.9 Å². The summed E-state index contributed by atoms with van der Waals surface area (Å²) in [4.78, 5) is 15.5. The van der Waals surface area contributed by atoms with E-state index in [0.717, 1.165) is 10.2 Å². The fourth-order valence-corrected chi connectivity index (χ4v) is 2.55. The second kappa shape index (κ2) is 4.51. The second-order valence-electron chi connectivity index (χ2n) is 4.02. The molecule has 0 saturated carbocycles. The Kier molecular flexibility index (Phi) is 2.83. The molecule has 1 N–H and O–H groups in total. The molecule has 0 spiro atoms. The lowest BCUT2D eigenvalue weighted by molar-refractivity contribution is 0.0693. The predicted octanol–water partition coefficient (Wildman–Crippen LogP) is 3.46. The Labute approximate surface area is 117 Å². The van der Waals surface area contributed by atoms with Crippen LogP contribution in [0.2, 0.25) is 0 Å². The number of nitrogens with zero attached hydrogens (tertiary/aromatic N) is 2. The fraction of sp³-hybridized carbons (Fsp3) is 0. The van der Waals surface area contributed by atoms with Crippen LogP contribution in [0.5, 0.6) is 0 Å². The van der Waals surface area contributed by atoms with Gasteiger partial charge in [-0.1, -0.05) is 36.4 Å². The van der Waals surface area contributed by atoms with Crippen LogP contribution in [0.3, 0.4) is 0 Å². The molecule has 0 atom stereocenters. The van der Waals surface area contributed by atoms with E-state index in [-0.39, 0.29) is 5.69 Å². The second-order valence-corrected chi connectivity index (χ2v) is 4.84. The molecule has 0 radical (unpaired) electrons. The Morgan fingerprint density at radius 2 is 1.84 bits per heavy atom. The van der Waals surface area contributed by atoms with Crippen LogP contribution in [-0.2, 0) is 0 Å². The van der Waals surface area contributed by atoms with E-state index in [9.17, 15) is 9.90 Å². The van der Waals surface area contributed by atoms with Gasteiger partial charge in [0.05, 0.1) is 10.1 Å². The number of halogens is 1. The van der Waals surface area contributed by atoms with Crippen molar-refractivity contribution in [2.45, 2.75) is 0 Å². The van der Waals surface area contributed by atoms with Crippen molar-refractivity contribution >= 4 is 27.4 Å². The van der Waals surface area contributed by atoms with E-state index < -0.39 is 5.97 Å². The zero-order valence-corrected chi connectivity index (χ0v) is 11.3. The molecule has 0 aliphatic heterocycles. The highest BCUT2D eigenvalue weighted by Crippen LogP contribution is 2.26. The van der Waals surface area contributed by atoms with E-state index in [0.29, 0.717) is 11.3 Å². The third kappa shape index (κ3) is 1.92. The molecule has 3 rings (SSSR count). The van der Waals surface area contributed by atoms with E-state index in [2.05, 4.69) is 20.9 Å². The summed E-state index contributed by atoms with van der Waals surface area (Å²) in [7, 11) is 0. The van der Waals surface area contributed by atoms with Crippen LogP contribution in [0.15, 0.2) is 53.1 Å². The van der Waals surface area contributed by atoms with Crippen molar-refractivity contribution in [1.29, 1.82) is 0 Å². The molecule has 5 heteroatoms. The lowest BCUT2D eigenvalue weighted by Crippen LogP contribution is -1.97. The molecule has 0 amide bonds. The van der Waals surface area contributed by atoms with Crippen molar-refractivity contribution in [2.24, 2.45) is 0 Å². The van der Waals surface area contributed by atoms with Crippen molar-refractivity contribution < 1.29 is 9.90 Å². The number of hydrogen-bond donors (Lipinski definition) is 1. The van der Waals surface area contributed by atoms with Crippen LogP contribution in [-0.4, -0.2) is 20.5 Å². The van der Waals surface area contributed by atoms with Crippen LogP contribution < -0.4 is 0 Å². The zero-order valence-electron chi connectivity index (χ0n) is 9.75. The molecular formula is C14H9BrN2O2. The summed E-state index contributed by atoms with van der Waals surface area (Å²) in [5, 5.41) is 9.24. The van der Waals surface area contributed by atoms with E-state index in [1.807, 2.05) is 36.4 Å². The molecule has 2 aromatic heterocycles. The minimum atomic E-state index is -1.03. The number of carbonyl (C=O) groups is 1. The number of pyridine rings is 1. The number of hydrogen-bond acceptors (Lipinski definition) is 2. The van der Waals surface area contributed by atoms with Crippen molar-refractivity contribution in [3.63, 3.8) is 0 Å². The Morgan fingerprint density at radius 1 is 1.11 bits per heavy atom. The maximum absolute atomic E-state index is 11.3. The van der Waals surface area contributed by atoms with Crippen molar-refractivity contribution in [3.05, 3.63) is 58.8 Å². The van der Waals surface area contributed by atoms with Crippen molar-refractivity contribution in [1.82, 2.24) is 9.38 Å². The van der Waals surface area contributed by atoms with E-state index in [1.165, 1.54) is 0 Å². The maximum atomic E-state index is 11.3. The smallest absolute Gasteiger partial charge is 0.356 e. The van der Waals surface area contributed by atoms with Gasteiger partial charge in [0.2, 0.25) is 0 Å². The molecule has 2 heterocycles. The number of carboxylic acid groups (broad SMARTS) is 1. The predicted molar refractivity (Wildman–Crippen MR) is 75.3 cm³/mol. The molecule has 0 fully saturated rings. The quantitative estimate of drug-likeness (QED) is 0.737. The highest BCUT2D eigenvalue weighted by molar-refractivity contribution is 9.10. The molecule has 0 unspecified atom stereocenters. The van der Waals surface area contributed by atoms with Crippen molar-refractivity contribution in [3.8, 4) is 11.4 Å². The third-order valence-corrected chi connectivity index (χ3v) is 3.47. The van der Waals surface area contributed by atoms with Crippen LogP contribution in [0.1, 0.15) is 10.5 Å². The van der Waals surface area contributed by atoms with E-state index in [4.69, 9.17) is 0 Å². The van der Waals surface area contributed by atoms with Gasteiger partial charge in [-0.25, -0.2) is 9.78 Å². The highest BCUT2D eigenvalue weighted by atomic mass is 79.9. The van der Waals surface area contributed by atoms with Gasteiger partial charge in [0.15, 0.2) is 5.69 Å². The molecule has 0 bridgehead atoms. The average Bonchev–Trinajstić information content (AvgIpc) is 2.81. The number of rotatable bonds is 2. The molecule has 0 saturated heterocycles. The normalized spacial score (nSPS) is 10.8. The molecule has 4 nitrogen and oxygen atoms in total. The zero-order chi connectivity index (χ0) is 13.4. The summed E-state index contributed by atoms with van der Waals surface area (Å²) in [6.07, 6.45) is 0. The van der Waals surface area contributed by atoms with Gasteiger partial charge >= 0.3 is 5.97 Å². The molecule has 0 aliphatic carbocycles. The van der Waals surface area contributed by atoms with Gasteiger partial charge in [-0.15, -0.1) is 0 Å². The molecule has 0 aliphatic rings. The Morgan fingerprint density at radius 3 is 2.53 bits per heavy atom. The number of carboxylic acids is 1. The number of aromatic carboxylic acids is 1. The summed E-state index contributed by atoms with van der Waals surface area (Å²) in [6, 6.07) is 14.9. The summed E-state index contributed by atoms with van der Waals surface area (Å²) >= 11 is 3.44. The highest BCUT2D eigenvalue weighted by Gasteiger charge is 2.18. The molecular weight excluding hydrogens is 308 g/mol. The Hall–Kier alpha value is -2.14. The number of imidazole rings is 1. The summed E-state index contributed by atoms with van der Waals surface area (Å²) < 4.78 is 2.56. The molecule has 19 heavy (non-hydrogen) atoms. The first-order valence-electron chi connectivity index (χ1n) is 5.64. The number of aromatic nitrogens is 2. The molecule has 3 aromatic rings. The number of fused-ring (bicyclic) bond motifs is 1. The lowest BCUT2D eigenvalue weighted by atomic mass is 10.2. The van der Waals surface area contributed by atoms with Crippen LogP contribution >= 0.6 is 15.9 Å². The van der Waals surface area contributed by atoms with Gasteiger partial charge in [0.25, 0.3) is 0 Å². The lowest BCUT2D eigenvalue weighted by Gasteiger charge is -2.03. The Balaban J connectivity index is 2.40. The first-order chi connectivity index (χ1) is 9.18. The summed E-state index contributed by atoms with van der Waals surface area (Å²) in [6.45, 7) is 0. The van der Waals surface area contributed by atoms with Gasteiger partial charge in [0, 0.05) is 5.56 Å². The minimum Gasteiger partial charge on any atom is -0.476 e. The van der Waals surface area contributed by atoms with Crippen LogP contribution in [0.4, 0.5) is 0 Å². The SMILES string of the molecule is O=C(O)c1nc(-c2ccccc2)n2c(Br)cccc12. The minimum absolute atomic E-state index is 0.0557. The van der Waals surface area contributed by atoms with E-state index >= 15 is 0 Å². The number of benzene rings is 1. The Bertz CT molecular complexity index is 766. The standard InChI is InChI=1S/C14H9BrN2O2/c15-11-8-4-7-10-12(14(18)19)16-13(17(10)11)9-5-2-1-3-6-9/h1-8H,(H,18,19). The molecule has 1 aromatic carbocycles. The average molecular weight is 317 g/mol. The van der Waals surface area contributed by atoms with Crippen molar-refractivity contribution in [2.75, 3.05) is 0 Å². The van der Waals surface area contributed by atoms with Gasteiger partial charge in [-0.2, -0.15) is 0 Å². The van der Waals surface area contributed by atoms with Gasteiger partial charge in [-0.3, -0.25) is 4.40 Å². The maximum Gasteiger partial charge on any atom is 0.356 e. The van der Waals surface area contributed by atoms with Gasteiger partial charge in [-0.05, 0) is 28.1 Å². The summed E-state index contributed by atoms with van der Waals surface area (Å²) in [5.41, 5.74) is 1.50. The van der Waals surface area contributed by atoms with Gasteiger partial charge < -0.3 is 5.11 Å². The first kappa shape index (κ1) is 11.9. The van der Waals surface area contributed by atoms with E-state index in [1.54, 1.807) is 16.5 Å². The summed E-state index contributed by atoms with van der Waals surface area (Å²) in [5.74, 6) is -0.418. The topological polar surface area (TPSA) is 54.6 Å².